The molecule has 20 heavy (non-hydrogen) atoms. The van der Waals surface area contributed by atoms with Crippen molar-refractivity contribution >= 4 is 22.1 Å². The zero-order chi connectivity index (χ0) is 13.7. The minimum Gasteiger partial charge on any atom is -0.508 e. The van der Waals surface area contributed by atoms with Crippen molar-refractivity contribution < 1.29 is 5.11 Å². The summed E-state index contributed by atoms with van der Waals surface area (Å²) in [6.45, 7) is 0. The fraction of sp³-hybridized carbons (Fsp3) is 0.0667. The number of aryl methyl sites for hydroxylation is 1. The number of hydrogen-bond acceptors (Lipinski definition) is 3. The summed E-state index contributed by atoms with van der Waals surface area (Å²) in [6, 6.07) is 7.35. The molecule has 0 atom stereocenters. The Balaban J connectivity index is 2.04. The van der Waals surface area contributed by atoms with Gasteiger partial charge in [-0.3, -0.25) is 4.98 Å². The summed E-state index contributed by atoms with van der Waals surface area (Å²) < 4.78 is 2.04. The van der Waals surface area contributed by atoms with Crippen LogP contribution >= 0.6 is 0 Å². The minimum absolute atomic E-state index is 0.261. The molecule has 5 heteroatoms. The summed E-state index contributed by atoms with van der Waals surface area (Å²) in [4.78, 5) is 11.8. The smallest absolute Gasteiger partial charge is 0.156 e. The second-order valence-electron chi connectivity index (χ2n) is 4.83. The molecular formula is C15H12N4O. The first-order chi connectivity index (χ1) is 9.72. The molecule has 4 aromatic rings. The molecular weight excluding hydrogens is 252 g/mol. The van der Waals surface area contributed by atoms with Crippen LogP contribution in [0.5, 0.6) is 5.75 Å². The number of aromatic hydroxyl groups is 1. The van der Waals surface area contributed by atoms with Crippen LogP contribution in [0.2, 0.25) is 0 Å². The molecule has 0 aliphatic heterocycles. The summed E-state index contributed by atoms with van der Waals surface area (Å²) in [7, 11) is 1.99. The molecule has 0 spiro atoms. The molecule has 0 aliphatic carbocycles. The molecule has 0 radical (unpaired) electrons. The molecule has 0 amide bonds. The first-order valence-electron chi connectivity index (χ1n) is 6.30. The van der Waals surface area contributed by atoms with E-state index >= 15 is 0 Å². The summed E-state index contributed by atoms with van der Waals surface area (Å²) >= 11 is 0. The van der Waals surface area contributed by atoms with Crippen LogP contribution in [0.15, 0.2) is 42.9 Å². The fourth-order valence-electron chi connectivity index (χ4n) is 2.59. The van der Waals surface area contributed by atoms with Gasteiger partial charge in [-0.25, -0.2) is 4.98 Å². The van der Waals surface area contributed by atoms with Crippen molar-refractivity contribution in [3.8, 4) is 17.0 Å². The van der Waals surface area contributed by atoms with E-state index in [4.69, 9.17) is 0 Å². The van der Waals surface area contributed by atoms with Crippen molar-refractivity contribution in [1.29, 1.82) is 0 Å². The third-order valence-corrected chi connectivity index (χ3v) is 3.52. The Morgan fingerprint density at radius 3 is 2.85 bits per heavy atom. The lowest BCUT2D eigenvalue weighted by Crippen LogP contribution is -1.82. The van der Waals surface area contributed by atoms with Crippen LogP contribution in [0.4, 0.5) is 0 Å². The number of rotatable bonds is 1. The van der Waals surface area contributed by atoms with Crippen molar-refractivity contribution in [3.05, 3.63) is 42.9 Å². The normalized spacial score (nSPS) is 11.4. The maximum absolute atomic E-state index is 9.71. The topological polar surface area (TPSA) is 66.7 Å². The molecule has 0 bridgehead atoms. The van der Waals surface area contributed by atoms with Crippen molar-refractivity contribution in [1.82, 2.24) is 19.5 Å². The van der Waals surface area contributed by atoms with E-state index in [2.05, 4.69) is 15.0 Å². The lowest BCUT2D eigenvalue weighted by molar-refractivity contribution is 0.476. The molecule has 0 saturated heterocycles. The number of phenolic OH excluding ortho intramolecular Hbond substituents is 1. The van der Waals surface area contributed by atoms with Crippen LogP contribution in [0.1, 0.15) is 0 Å². The number of aromatic amines is 1. The van der Waals surface area contributed by atoms with Gasteiger partial charge < -0.3 is 14.7 Å². The maximum Gasteiger partial charge on any atom is 0.156 e. The van der Waals surface area contributed by atoms with Crippen LogP contribution in [0.3, 0.4) is 0 Å². The largest absolute Gasteiger partial charge is 0.508 e. The third kappa shape index (κ3) is 1.50. The lowest BCUT2D eigenvalue weighted by Gasteiger charge is -1.97. The van der Waals surface area contributed by atoms with Gasteiger partial charge in [0.05, 0.1) is 5.69 Å². The van der Waals surface area contributed by atoms with Gasteiger partial charge in [-0.2, -0.15) is 0 Å². The first kappa shape index (κ1) is 11.0. The van der Waals surface area contributed by atoms with Crippen LogP contribution in [0, 0.1) is 0 Å². The second-order valence-corrected chi connectivity index (χ2v) is 4.83. The SMILES string of the molecule is Cn1cc(-c2cc3nccnc3[nH]2)c2cc(O)ccc21. The number of H-pyrrole nitrogens is 1. The predicted octanol–water partition coefficient (Wildman–Crippen LogP) is 2.82. The molecule has 4 rings (SSSR count). The highest BCUT2D eigenvalue weighted by Gasteiger charge is 2.12. The van der Waals surface area contributed by atoms with Gasteiger partial charge >= 0.3 is 0 Å². The number of hydrogen-bond donors (Lipinski definition) is 2. The highest BCUT2D eigenvalue weighted by Crippen LogP contribution is 2.32. The molecule has 98 valence electrons. The average Bonchev–Trinajstić information content (AvgIpc) is 3.00. The second kappa shape index (κ2) is 3.84. The Kier molecular flexibility index (Phi) is 2.12. The van der Waals surface area contributed by atoms with E-state index in [9.17, 15) is 5.11 Å². The molecule has 1 aromatic carbocycles. The number of nitrogens with zero attached hydrogens (tertiary/aromatic N) is 3. The van der Waals surface area contributed by atoms with E-state index in [1.165, 1.54) is 0 Å². The standard InChI is InChI=1S/C15H12N4O/c1-19-8-11(10-6-9(20)2-3-14(10)19)12-7-13-15(18-12)17-5-4-16-13/h2-8,20H,1H3,(H,17,18). The lowest BCUT2D eigenvalue weighted by atomic mass is 10.1. The zero-order valence-electron chi connectivity index (χ0n) is 10.8. The van der Waals surface area contributed by atoms with Gasteiger partial charge in [0.15, 0.2) is 5.65 Å². The van der Waals surface area contributed by atoms with E-state index in [0.717, 1.165) is 33.3 Å². The number of aromatic nitrogens is 4. The minimum atomic E-state index is 0.261. The number of fused-ring (bicyclic) bond motifs is 2. The number of phenols is 1. The van der Waals surface area contributed by atoms with Crippen LogP contribution in [0.25, 0.3) is 33.3 Å². The van der Waals surface area contributed by atoms with Gasteiger partial charge in [0.25, 0.3) is 0 Å². The van der Waals surface area contributed by atoms with Gasteiger partial charge in [0.1, 0.15) is 11.3 Å². The van der Waals surface area contributed by atoms with Crippen LogP contribution < -0.4 is 0 Å². The molecule has 0 fully saturated rings. The highest BCUT2D eigenvalue weighted by molar-refractivity contribution is 5.97. The predicted molar refractivity (Wildman–Crippen MR) is 77.5 cm³/mol. The Morgan fingerprint density at radius 2 is 2.00 bits per heavy atom. The van der Waals surface area contributed by atoms with Crippen LogP contribution in [-0.2, 0) is 7.05 Å². The fourth-order valence-corrected chi connectivity index (χ4v) is 2.59. The Labute approximate surface area is 114 Å². The van der Waals surface area contributed by atoms with Crippen molar-refractivity contribution in [2.24, 2.45) is 7.05 Å². The Hall–Kier alpha value is -2.82. The Bertz CT molecular complexity index is 903. The average molecular weight is 264 g/mol. The van der Waals surface area contributed by atoms with E-state index in [-0.39, 0.29) is 5.75 Å². The molecule has 3 heterocycles. The Morgan fingerprint density at radius 1 is 1.15 bits per heavy atom. The van der Waals surface area contributed by atoms with E-state index < -0.39 is 0 Å². The summed E-state index contributed by atoms with van der Waals surface area (Å²) in [5, 5.41) is 10.7. The van der Waals surface area contributed by atoms with Gasteiger partial charge in [-0.15, -0.1) is 0 Å². The van der Waals surface area contributed by atoms with Gasteiger partial charge in [0.2, 0.25) is 0 Å². The molecule has 5 nitrogen and oxygen atoms in total. The molecule has 2 N–H and O–H groups in total. The summed E-state index contributed by atoms with van der Waals surface area (Å²) in [6.07, 6.45) is 5.38. The summed E-state index contributed by atoms with van der Waals surface area (Å²) in [5.41, 5.74) is 4.64. The van der Waals surface area contributed by atoms with E-state index in [1.807, 2.05) is 29.9 Å². The van der Waals surface area contributed by atoms with Gasteiger partial charge in [-0.1, -0.05) is 0 Å². The van der Waals surface area contributed by atoms with Gasteiger partial charge in [0, 0.05) is 42.1 Å². The summed E-state index contributed by atoms with van der Waals surface area (Å²) in [5.74, 6) is 0.261. The molecule has 3 aromatic heterocycles. The number of benzene rings is 1. The monoisotopic (exact) mass is 264 g/mol. The van der Waals surface area contributed by atoms with Crippen molar-refractivity contribution in [2.45, 2.75) is 0 Å². The van der Waals surface area contributed by atoms with Crippen molar-refractivity contribution in [2.75, 3.05) is 0 Å². The highest BCUT2D eigenvalue weighted by atomic mass is 16.3. The molecule has 0 unspecified atom stereocenters. The van der Waals surface area contributed by atoms with Crippen LogP contribution in [-0.4, -0.2) is 24.6 Å². The van der Waals surface area contributed by atoms with Gasteiger partial charge in [-0.05, 0) is 24.3 Å². The maximum atomic E-state index is 9.71. The number of nitrogens with one attached hydrogen (secondary N) is 1. The molecule has 0 saturated carbocycles. The zero-order valence-corrected chi connectivity index (χ0v) is 10.8. The third-order valence-electron chi connectivity index (χ3n) is 3.52. The molecule has 0 aliphatic rings. The van der Waals surface area contributed by atoms with Crippen molar-refractivity contribution in [3.63, 3.8) is 0 Å². The van der Waals surface area contributed by atoms with E-state index in [0.29, 0.717) is 0 Å². The quantitative estimate of drug-likeness (QED) is 0.555. The first-order valence-corrected chi connectivity index (χ1v) is 6.30. The van der Waals surface area contributed by atoms with E-state index in [1.54, 1.807) is 24.5 Å².